The highest BCUT2D eigenvalue weighted by molar-refractivity contribution is 7.99. The molecular weight excluding hydrogens is 200 g/mol. The standard InChI is InChI=1S/C9H14N2S2/c1-6-3-11-9(12-5-6)8-4-10-7(2)13-8/h4,6,9,11H,3,5H2,1-2H3. The fourth-order valence-corrected chi connectivity index (χ4v) is 3.54. The van der Waals surface area contributed by atoms with Crippen LogP contribution >= 0.6 is 23.1 Å². The second-order valence-electron chi connectivity index (χ2n) is 3.51. The van der Waals surface area contributed by atoms with E-state index in [4.69, 9.17) is 0 Å². The summed E-state index contributed by atoms with van der Waals surface area (Å²) in [5, 5.41) is 5.18. The summed E-state index contributed by atoms with van der Waals surface area (Å²) in [4.78, 5) is 5.65. The number of thiazole rings is 1. The SMILES string of the molecule is Cc1ncc(C2NCC(C)CS2)s1. The maximum Gasteiger partial charge on any atom is 0.0899 e. The number of nitrogens with one attached hydrogen (secondary N) is 1. The van der Waals surface area contributed by atoms with Gasteiger partial charge in [-0.05, 0) is 25.1 Å². The van der Waals surface area contributed by atoms with Crippen LogP contribution in [0.25, 0.3) is 0 Å². The lowest BCUT2D eigenvalue weighted by molar-refractivity contribution is 0.532. The van der Waals surface area contributed by atoms with Crippen molar-refractivity contribution in [3.05, 3.63) is 16.1 Å². The summed E-state index contributed by atoms with van der Waals surface area (Å²) in [6.07, 6.45) is 2.00. The Morgan fingerprint density at radius 1 is 1.62 bits per heavy atom. The molecule has 2 unspecified atom stereocenters. The number of thioether (sulfide) groups is 1. The minimum absolute atomic E-state index is 0.488. The molecule has 0 bridgehead atoms. The van der Waals surface area contributed by atoms with Gasteiger partial charge in [0.1, 0.15) is 0 Å². The second kappa shape index (κ2) is 3.98. The smallest absolute Gasteiger partial charge is 0.0899 e. The zero-order valence-corrected chi connectivity index (χ0v) is 9.54. The summed E-state index contributed by atoms with van der Waals surface area (Å²) in [6, 6.07) is 0. The molecule has 2 rings (SSSR count). The normalized spacial score (nSPS) is 29.1. The van der Waals surface area contributed by atoms with E-state index in [1.165, 1.54) is 10.6 Å². The van der Waals surface area contributed by atoms with Crippen molar-refractivity contribution in [2.24, 2.45) is 5.92 Å². The van der Waals surface area contributed by atoms with Gasteiger partial charge in [0, 0.05) is 6.20 Å². The summed E-state index contributed by atoms with van der Waals surface area (Å²) in [5.41, 5.74) is 0. The third-order valence-corrected chi connectivity index (χ3v) is 4.74. The van der Waals surface area contributed by atoms with Crippen LogP contribution in [0.5, 0.6) is 0 Å². The van der Waals surface area contributed by atoms with E-state index < -0.39 is 0 Å². The van der Waals surface area contributed by atoms with Gasteiger partial charge in [-0.25, -0.2) is 4.98 Å². The lowest BCUT2D eigenvalue weighted by Gasteiger charge is -2.26. The molecule has 1 aliphatic rings. The molecule has 1 N–H and O–H groups in total. The van der Waals surface area contributed by atoms with Crippen molar-refractivity contribution in [2.75, 3.05) is 12.3 Å². The van der Waals surface area contributed by atoms with Crippen LogP contribution in [0.3, 0.4) is 0 Å². The predicted molar refractivity (Wildman–Crippen MR) is 59.2 cm³/mol. The first-order valence-electron chi connectivity index (χ1n) is 4.53. The molecule has 2 heterocycles. The van der Waals surface area contributed by atoms with Crippen molar-refractivity contribution in [3.8, 4) is 0 Å². The number of hydrogen-bond donors (Lipinski definition) is 1. The fourth-order valence-electron chi connectivity index (χ4n) is 1.37. The minimum Gasteiger partial charge on any atom is -0.301 e. The highest BCUT2D eigenvalue weighted by Crippen LogP contribution is 2.33. The number of aryl methyl sites for hydroxylation is 1. The average Bonchev–Trinajstić information content (AvgIpc) is 2.53. The fraction of sp³-hybridized carbons (Fsp3) is 0.667. The lowest BCUT2D eigenvalue weighted by Crippen LogP contribution is -2.30. The second-order valence-corrected chi connectivity index (χ2v) is 5.91. The molecule has 0 saturated carbocycles. The van der Waals surface area contributed by atoms with Gasteiger partial charge in [0.2, 0.25) is 0 Å². The molecule has 0 aliphatic carbocycles. The molecule has 0 aromatic carbocycles. The van der Waals surface area contributed by atoms with Crippen LogP contribution in [0.2, 0.25) is 0 Å². The van der Waals surface area contributed by atoms with Crippen LogP contribution in [0, 0.1) is 12.8 Å². The van der Waals surface area contributed by atoms with E-state index in [1.54, 1.807) is 11.3 Å². The Labute approximate surface area is 87.1 Å². The molecule has 2 atom stereocenters. The highest BCUT2D eigenvalue weighted by atomic mass is 32.2. The van der Waals surface area contributed by atoms with E-state index in [1.807, 2.05) is 18.0 Å². The van der Waals surface area contributed by atoms with Crippen LogP contribution in [-0.4, -0.2) is 17.3 Å². The Bertz CT molecular complexity index is 277. The quantitative estimate of drug-likeness (QED) is 0.777. The van der Waals surface area contributed by atoms with Gasteiger partial charge in [-0.15, -0.1) is 23.1 Å². The Balaban J connectivity index is 2.02. The molecule has 1 fully saturated rings. The van der Waals surface area contributed by atoms with Crippen molar-refractivity contribution in [2.45, 2.75) is 19.2 Å². The summed E-state index contributed by atoms with van der Waals surface area (Å²) in [5.74, 6) is 2.06. The maximum atomic E-state index is 4.28. The Morgan fingerprint density at radius 2 is 2.46 bits per heavy atom. The van der Waals surface area contributed by atoms with Crippen molar-refractivity contribution in [1.82, 2.24) is 10.3 Å². The predicted octanol–water partition coefficient (Wildman–Crippen LogP) is 2.42. The van der Waals surface area contributed by atoms with Crippen molar-refractivity contribution in [3.63, 3.8) is 0 Å². The first-order chi connectivity index (χ1) is 6.25. The molecule has 13 heavy (non-hydrogen) atoms. The molecule has 72 valence electrons. The Hall–Kier alpha value is -0.0600. The van der Waals surface area contributed by atoms with Gasteiger partial charge in [0.15, 0.2) is 0 Å². The molecule has 1 aromatic rings. The lowest BCUT2D eigenvalue weighted by atomic mass is 10.2. The van der Waals surface area contributed by atoms with Gasteiger partial charge in [-0.3, -0.25) is 0 Å². The summed E-state index contributed by atoms with van der Waals surface area (Å²) >= 11 is 3.80. The third kappa shape index (κ3) is 2.24. The van der Waals surface area contributed by atoms with Crippen LogP contribution in [0.4, 0.5) is 0 Å². The molecule has 2 nitrogen and oxygen atoms in total. The topological polar surface area (TPSA) is 24.9 Å². The van der Waals surface area contributed by atoms with Crippen LogP contribution in [0.1, 0.15) is 22.2 Å². The average molecular weight is 214 g/mol. The molecule has 0 radical (unpaired) electrons. The molecule has 4 heteroatoms. The van der Waals surface area contributed by atoms with Gasteiger partial charge >= 0.3 is 0 Å². The molecule has 0 amide bonds. The van der Waals surface area contributed by atoms with Crippen molar-refractivity contribution < 1.29 is 0 Å². The van der Waals surface area contributed by atoms with Crippen LogP contribution in [-0.2, 0) is 0 Å². The van der Waals surface area contributed by atoms with Crippen LogP contribution < -0.4 is 5.32 Å². The monoisotopic (exact) mass is 214 g/mol. The number of rotatable bonds is 1. The van der Waals surface area contributed by atoms with E-state index in [9.17, 15) is 0 Å². The molecule has 1 saturated heterocycles. The first kappa shape index (κ1) is 9.49. The number of nitrogens with zero attached hydrogens (tertiary/aromatic N) is 1. The van der Waals surface area contributed by atoms with E-state index in [0.717, 1.165) is 17.5 Å². The summed E-state index contributed by atoms with van der Waals surface area (Å²) in [6.45, 7) is 5.48. The molecule has 1 aromatic heterocycles. The zero-order chi connectivity index (χ0) is 9.26. The maximum absolute atomic E-state index is 4.28. The largest absolute Gasteiger partial charge is 0.301 e. The third-order valence-electron chi connectivity index (χ3n) is 2.10. The van der Waals surface area contributed by atoms with E-state index >= 15 is 0 Å². The summed E-state index contributed by atoms with van der Waals surface area (Å²) in [7, 11) is 0. The highest BCUT2D eigenvalue weighted by Gasteiger charge is 2.20. The van der Waals surface area contributed by atoms with Gasteiger partial charge < -0.3 is 5.32 Å². The van der Waals surface area contributed by atoms with E-state index in [2.05, 4.69) is 24.1 Å². The minimum atomic E-state index is 0.488. The number of aromatic nitrogens is 1. The van der Waals surface area contributed by atoms with E-state index in [0.29, 0.717) is 5.37 Å². The van der Waals surface area contributed by atoms with Crippen LogP contribution in [0.15, 0.2) is 6.20 Å². The van der Waals surface area contributed by atoms with Crippen molar-refractivity contribution in [1.29, 1.82) is 0 Å². The van der Waals surface area contributed by atoms with Gasteiger partial charge in [-0.2, -0.15) is 0 Å². The molecule has 1 aliphatic heterocycles. The Kier molecular flexibility index (Phi) is 2.91. The molecular formula is C9H14N2S2. The van der Waals surface area contributed by atoms with Gasteiger partial charge in [0.05, 0.1) is 15.3 Å². The van der Waals surface area contributed by atoms with Gasteiger partial charge in [-0.1, -0.05) is 6.92 Å². The summed E-state index contributed by atoms with van der Waals surface area (Å²) < 4.78 is 0. The Morgan fingerprint density at radius 3 is 3.00 bits per heavy atom. The first-order valence-corrected chi connectivity index (χ1v) is 6.39. The van der Waals surface area contributed by atoms with E-state index in [-0.39, 0.29) is 0 Å². The van der Waals surface area contributed by atoms with Gasteiger partial charge in [0.25, 0.3) is 0 Å². The zero-order valence-electron chi connectivity index (χ0n) is 7.91. The molecule has 0 spiro atoms. The number of hydrogen-bond acceptors (Lipinski definition) is 4. The van der Waals surface area contributed by atoms with Crippen molar-refractivity contribution >= 4 is 23.1 Å².